The van der Waals surface area contributed by atoms with E-state index in [0.717, 1.165) is 0 Å². The van der Waals surface area contributed by atoms with Gasteiger partial charge in [0.15, 0.2) is 25.3 Å². The molecule has 30 heavy (non-hydrogen) atoms. The monoisotopic (exact) mass is 461 g/mol. The van der Waals surface area contributed by atoms with Crippen LogP contribution in [-0.4, -0.2) is 31.4 Å². The molecule has 0 saturated heterocycles. The minimum Gasteiger partial charge on any atom is -0.231 e. The third kappa shape index (κ3) is 4.23. The fraction of sp³-hybridized carbons (Fsp3) is 0.100. The molecule has 4 aromatic rings. The molecule has 0 radical (unpaired) electrons. The Balaban J connectivity index is 1.72. The molecule has 0 atom stereocenters. The summed E-state index contributed by atoms with van der Waals surface area (Å²) in [5, 5.41) is 4.17. The van der Waals surface area contributed by atoms with E-state index < -0.39 is 19.7 Å². The van der Waals surface area contributed by atoms with Crippen molar-refractivity contribution < 1.29 is 16.8 Å². The Kier molecular flexibility index (Phi) is 5.35. The third-order valence-electron chi connectivity index (χ3n) is 4.41. The van der Waals surface area contributed by atoms with Gasteiger partial charge in [-0.2, -0.15) is 5.10 Å². The van der Waals surface area contributed by atoms with Crippen LogP contribution in [0.1, 0.15) is 11.3 Å². The molecule has 2 aromatic heterocycles. The Bertz CT molecular complexity index is 1420. The molecular weight excluding hydrogens is 446 g/mol. The molecule has 0 N–H and O–H groups in total. The van der Waals surface area contributed by atoms with Gasteiger partial charge in [-0.05, 0) is 30.3 Å². The summed E-state index contributed by atoms with van der Waals surface area (Å²) in [6.07, 6.45) is 1.44. The van der Waals surface area contributed by atoms with Gasteiger partial charge in [-0.15, -0.1) is 0 Å². The Hall–Kier alpha value is -2.75. The van der Waals surface area contributed by atoms with Crippen molar-refractivity contribution in [3.8, 4) is 0 Å². The van der Waals surface area contributed by atoms with Crippen molar-refractivity contribution in [1.29, 1.82) is 0 Å². The van der Waals surface area contributed by atoms with E-state index in [-0.39, 0.29) is 37.8 Å². The van der Waals surface area contributed by atoms with Gasteiger partial charge in [-0.1, -0.05) is 48.0 Å². The number of hydrogen-bond donors (Lipinski definition) is 0. The zero-order valence-electron chi connectivity index (χ0n) is 15.5. The molecule has 7 nitrogen and oxygen atoms in total. The van der Waals surface area contributed by atoms with E-state index in [4.69, 9.17) is 11.6 Å². The van der Waals surface area contributed by atoms with Gasteiger partial charge in [-0.25, -0.2) is 26.3 Å². The summed E-state index contributed by atoms with van der Waals surface area (Å²) in [5.41, 5.74) is 0.825. The van der Waals surface area contributed by atoms with Crippen LogP contribution in [0, 0.1) is 0 Å². The van der Waals surface area contributed by atoms with E-state index >= 15 is 0 Å². The lowest BCUT2D eigenvalue weighted by Crippen LogP contribution is -2.07. The van der Waals surface area contributed by atoms with Gasteiger partial charge in [0.1, 0.15) is 5.15 Å². The molecule has 0 aliphatic rings. The molecule has 0 bridgehead atoms. The number of nitrogens with zero attached hydrogens (tertiary/aromatic N) is 3. The van der Waals surface area contributed by atoms with Gasteiger partial charge in [0.25, 0.3) is 0 Å². The maximum atomic E-state index is 12.8. The largest absolute Gasteiger partial charge is 0.231 e. The molecule has 0 amide bonds. The first-order valence-corrected chi connectivity index (χ1v) is 12.5. The number of aromatic nitrogens is 3. The first kappa shape index (κ1) is 20.5. The van der Waals surface area contributed by atoms with Crippen molar-refractivity contribution >= 4 is 36.9 Å². The average molecular weight is 462 g/mol. The number of imidazole rings is 1. The number of benzene rings is 2. The molecule has 0 saturated carbocycles. The molecule has 0 aliphatic heterocycles. The highest BCUT2D eigenvalue weighted by molar-refractivity contribution is 7.91. The first-order valence-electron chi connectivity index (χ1n) is 8.84. The Morgan fingerprint density at radius 3 is 1.90 bits per heavy atom. The Labute approximate surface area is 178 Å². The van der Waals surface area contributed by atoms with Crippen molar-refractivity contribution in [3.63, 3.8) is 0 Å². The fourth-order valence-corrected chi connectivity index (χ4v) is 5.89. The molecule has 4 rings (SSSR count). The summed E-state index contributed by atoms with van der Waals surface area (Å²) in [7, 11) is -7.27. The summed E-state index contributed by atoms with van der Waals surface area (Å²) >= 11 is 6.06. The standard InChI is InChI=1S/C20H16ClN3O4S2/c21-19-11-15(13-29(25,26)17-7-3-1-4-8-17)20-22-16(12-24(20)23-19)14-30(27,28)18-9-5-2-6-10-18/h1-12H,13-14H2. The van der Waals surface area contributed by atoms with Gasteiger partial charge in [0.05, 0.1) is 33.2 Å². The van der Waals surface area contributed by atoms with E-state index in [2.05, 4.69) is 10.1 Å². The average Bonchev–Trinajstić information content (AvgIpc) is 3.11. The second-order valence-corrected chi connectivity index (χ2v) is 11.0. The summed E-state index contributed by atoms with van der Waals surface area (Å²) in [6, 6.07) is 17.5. The van der Waals surface area contributed by atoms with E-state index in [1.165, 1.54) is 41.0 Å². The van der Waals surface area contributed by atoms with Crippen LogP contribution in [0.25, 0.3) is 5.65 Å². The van der Waals surface area contributed by atoms with Crippen molar-refractivity contribution in [1.82, 2.24) is 14.6 Å². The Morgan fingerprint density at radius 2 is 1.33 bits per heavy atom. The summed E-state index contributed by atoms with van der Waals surface area (Å²) < 4.78 is 52.2. The van der Waals surface area contributed by atoms with Crippen LogP contribution < -0.4 is 0 Å². The number of sulfone groups is 2. The van der Waals surface area contributed by atoms with Gasteiger partial charge < -0.3 is 0 Å². The van der Waals surface area contributed by atoms with Crippen molar-refractivity contribution in [2.45, 2.75) is 21.3 Å². The summed E-state index contributed by atoms with van der Waals surface area (Å²) in [5.74, 6) is -0.687. The lowest BCUT2D eigenvalue weighted by atomic mass is 10.3. The Morgan fingerprint density at radius 1 is 0.800 bits per heavy atom. The maximum Gasteiger partial charge on any atom is 0.184 e. The van der Waals surface area contributed by atoms with E-state index in [1.54, 1.807) is 36.4 Å². The summed E-state index contributed by atoms with van der Waals surface area (Å²) in [4.78, 5) is 4.70. The third-order valence-corrected chi connectivity index (χ3v) is 7.94. The molecule has 0 unspecified atom stereocenters. The number of rotatable bonds is 6. The zero-order valence-corrected chi connectivity index (χ0v) is 17.9. The second kappa shape index (κ2) is 7.82. The van der Waals surface area contributed by atoms with Gasteiger partial charge >= 0.3 is 0 Å². The predicted octanol–water partition coefficient (Wildman–Crippen LogP) is 3.33. The van der Waals surface area contributed by atoms with Gasteiger partial charge in [-0.3, -0.25) is 0 Å². The van der Waals surface area contributed by atoms with Crippen LogP contribution in [0.2, 0.25) is 5.15 Å². The van der Waals surface area contributed by atoms with Crippen LogP contribution in [-0.2, 0) is 31.2 Å². The fourth-order valence-electron chi connectivity index (χ4n) is 3.05. The van der Waals surface area contributed by atoms with E-state index in [1.807, 2.05) is 0 Å². The lowest BCUT2D eigenvalue weighted by Gasteiger charge is -2.06. The van der Waals surface area contributed by atoms with Crippen LogP contribution in [0.4, 0.5) is 0 Å². The molecule has 2 aromatic carbocycles. The molecule has 2 heterocycles. The molecule has 0 spiro atoms. The zero-order chi connectivity index (χ0) is 21.4. The smallest absolute Gasteiger partial charge is 0.184 e. The normalized spacial score (nSPS) is 12.3. The highest BCUT2D eigenvalue weighted by Gasteiger charge is 2.21. The molecule has 154 valence electrons. The van der Waals surface area contributed by atoms with Crippen LogP contribution in [0.15, 0.2) is 82.7 Å². The minimum atomic E-state index is -3.65. The highest BCUT2D eigenvalue weighted by Crippen LogP contribution is 2.23. The predicted molar refractivity (Wildman–Crippen MR) is 113 cm³/mol. The molecule has 0 fully saturated rings. The number of halogens is 1. The maximum absolute atomic E-state index is 12.8. The SMILES string of the molecule is O=S(=O)(Cc1cn2nc(Cl)cc(CS(=O)(=O)c3ccccc3)c2n1)c1ccccc1. The lowest BCUT2D eigenvalue weighted by molar-refractivity contribution is 0.593. The van der Waals surface area contributed by atoms with Crippen LogP contribution in [0.5, 0.6) is 0 Å². The first-order chi connectivity index (χ1) is 14.2. The van der Waals surface area contributed by atoms with Crippen LogP contribution in [0.3, 0.4) is 0 Å². The summed E-state index contributed by atoms with van der Waals surface area (Å²) in [6.45, 7) is 0. The van der Waals surface area contributed by atoms with Crippen molar-refractivity contribution in [2.75, 3.05) is 0 Å². The quantitative estimate of drug-likeness (QED) is 0.436. The van der Waals surface area contributed by atoms with Crippen molar-refractivity contribution in [3.05, 3.63) is 89.3 Å². The molecule has 10 heteroatoms. The van der Waals surface area contributed by atoms with Crippen LogP contribution >= 0.6 is 11.6 Å². The number of fused-ring (bicyclic) bond motifs is 1. The topological polar surface area (TPSA) is 98.5 Å². The molecular formula is C20H16ClN3O4S2. The van der Waals surface area contributed by atoms with E-state index in [0.29, 0.717) is 5.56 Å². The number of hydrogen-bond acceptors (Lipinski definition) is 6. The van der Waals surface area contributed by atoms with Crippen molar-refractivity contribution in [2.24, 2.45) is 0 Å². The van der Waals surface area contributed by atoms with Gasteiger partial charge in [0.2, 0.25) is 0 Å². The second-order valence-electron chi connectivity index (χ2n) is 6.64. The highest BCUT2D eigenvalue weighted by atomic mass is 35.5. The molecule has 0 aliphatic carbocycles. The minimum absolute atomic E-state index is 0.0793. The van der Waals surface area contributed by atoms with E-state index in [9.17, 15) is 16.8 Å². The van der Waals surface area contributed by atoms with Gasteiger partial charge in [0, 0.05) is 5.56 Å².